The molecule has 5 aliphatic rings. The molecule has 10 heteroatoms. The molecule has 1 aromatic heterocycles. The van der Waals surface area contributed by atoms with Crippen LogP contribution in [-0.4, -0.2) is 71.4 Å². The van der Waals surface area contributed by atoms with Gasteiger partial charge in [-0.2, -0.15) is 4.98 Å². The molecule has 4 heterocycles. The quantitative estimate of drug-likeness (QED) is 0.597. The summed E-state index contributed by atoms with van der Waals surface area (Å²) in [7, 11) is 0.273. The molecule has 0 bridgehead atoms. The Balaban J connectivity index is 1.09. The number of nitrogens with one attached hydrogen (secondary N) is 2. The number of nitrogens with zero attached hydrogens (tertiary/aromatic N) is 4. The molecule has 3 atom stereocenters. The maximum absolute atomic E-state index is 12.9. The number of methoxy groups -OCH3 is 1. The fourth-order valence-electron chi connectivity index (χ4n) is 6.67. The van der Waals surface area contributed by atoms with Gasteiger partial charge in [-0.15, -0.1) is 0 Å². The van der Waals surface area contributed by atoms with Gasteiger partial charge in [0.1, 0.15) is 10.7 Å². The normalized spacial score (nSPS) is 26.6. The highest BCUT2D eigenvalue weighted by molar-refractivity contribution is 7.85. The summed E-state index contributed by atoms with van der Waals surface area (Å²) < 4.78 is 17.7. The molecule has 37 heavy (non-hydrogen) atoms. The van der Waals surface area contributed by atoms with Crippen LogP contribution in [0.25, 0.3) is 0 Å². The van der Waals surface area contributed by atoms with Crippen molar-refractivity contribution in [3.8, 4) is 0 Å². The Morgan fingerprint density at radius 1 is 1.08 bits per heavy atom. The minimum absolute atomic E-state index is 0.292. The van der Waals surface area contributed by atoms with Crippen molar-refractivity contribution < 1.29 is 13.7 Å². The summed E-state index contributed by atoms with van der Waals surface area (Å²) in [5.41, 5.74) is 5.01. The van der Waals surface area contributed by atoms with Gasteiger partial charge in [-0.1, -0.05) is 6.07 Å². The number of ether oxygens (including phenoxy) is 1. The van der Waals surface area contributed by atoms with Gasteiger partial charge in [0.25, 0.3) is 0 Å². The fourth-order valence-corrected chi connectivity index (χ4v) is 7.98. The summed E-state index contributed by atoms with van der Waals surface area (Å²) in [5, 5.41) is 6.45. The lowest BCUT2D eigenvalue weighted by molar-refractivity contribution is 0.163. The third-order valence-electron chi connectivity index (χ3n) is 9.11. The van der Waals surface area contributed by atoms with Crippen molar-refractivity contribution in [2.24, 2.45) is 11.8 Å². The molecule has 2 aromatic rings. The highest BCUT2D eigenvalue weighted by atomic mass is 32.2. The van der Waals surface area contributed by atoms with Crippen LogP contribution in [0.4, 0.5) is 22.2 Å². The van der Waals surface area contributed by atoms with Crippen molar-refractivity contribution >= 4 is 34.3 Å². The third-order valence-corrected chi connectivity index (χ3v) is 10.6. The first-order chi connectivity index (χ1) is 18.0. The summed E-state index contributed by atoms with van der Waals surface area (Å²) in [6.07, 6.45) is 5.64. The number of alkyl carbamates (subject to hydrolysis) is 1. The Morgan fingerprint density at radius 2 is 1.84 bits per heavy atom. The summed E-state index contributed by atoms with van der Waals surface area (Å²) in [4.78, 5) is 27.2. The summed E-state index contributed by atoms with van der Waals surface area (Å²) in [5.74, 6) is 3.21. The molecule has 2 saturated heterocycles. The van der Waals surface area contributed by atoms with E-state index in [1.165, 1.54) is 36.8 Å². The minimum atomic E-state index is -1.10. The predicted molar refractivity (Wildman–Crippen MR) is 143 cm³/mol. The van der Waals surface area contributed by atoms with Crippen molar-refractivity contribution in [1.82, 2.24) is 15.3 Å². The molecule has 196 valence electrons. The van der Waals surface area contributed by atoms with Crippen LogP contribution in [-0.2, 0) is 34.8 Å². The SMILES string of the molecule is COC(=O)NCC1(Nc2nc(N3C[C@H]4CN(c5ccc6c(c5)CC6)C[C@H]4C3)nc3c2S(=O)CC3)CCC1. The van der Waals surface area contributed by atoms with E-state index in [2.05, 4.69) is 38.6 Å². The van der Waals surface area contributed by atoms with E-state index >= 15 is 0 Å². The maximum atomic E-state index is 12.9. The monoisotopic (exact) mass is 522 g/mol. The second kappa shape index (κ2) is 8.85. The largest absolute Gasteiger partial charge is 0.453 e. The lowest BCUT2D eigenvalue weighted by Crippen LogP contribution is -2.54. The number of aromatic nitrogens is 2. The minimum Gasteiger partial charge on any atom is -0.453 e. The zero-order valence-corrected chi connectivity index (χ0v) is 22.1. The molecule has 3 fully saturated rings. The summed E-state index contributed by atoms with van der Waals surface area (Å²) in [6.45, 7) is 4.49. The molecule has 1 amide bonds. The van der Waals surface area contributed by atoms with Gasteiger partial charge < -0.3 is 25.2 Å². The Morgan fingerprint density at radius 3 is 2.49 bits per heavy atom. The molecule has 2 N–H and O–H groups in total. The first-order valence-electron chi connectivity index (χ1n) is 13.5. The van der Waals surface area contributed by atoms with E-state index in [1.807, 2.05) is 0 Å². The van der Waals surface area contributed by atoms with Crippen LogP contribution >= 0.6 is 0 Å². The molecular weight excluding hydrogens is 488 g/mol. The summed E-state index contributed by atoms with van der Waals surface area (Å²) in [6, 6.07) is 7.00. The first-order valence-corrected chi connectivity index (χ1v) is 14.8. The molecule has 1 unspecified atom stereocenters. The lowest BCUT2D eigenvalue weighted by atomic mass is 9.76. The predicted octanol–water partition coefficient (Wildman–Crippen LogP) is 2.50. The Bertz CT molecular complexity index is 1270. The maximum Gasteiger partial charge on any atom is 0.406 e. The highest BCUT2D eigenvalue weighted by Crippen LogP contribution is 2.40. The first kappa shape index (κ1) is 23.3. The van der Waals surface area contributed by atoms with Gasteiger partial charge in [0.2, 0.25) is 5.95 Å². The van der Waals surface area contributed by atoms with Gasteiger partial charge in [0.05, 0.1) is 29.1 Å². The Hall–Kier alpha value is -2.88. The van der Waals surface area contributed by atoms with E-state index in [1.54, 1.807) is 0 Å². The zero-order valence-electron chi connectivity index (χ0n) is 21.3. The van der Waals surface area contributed by atoms with Crippen molar-refractivity contribution in [3.63, 3.8) is 0 Å². The topological polar surface area (TPSA) is 99.7 Å². The number of anilines is 3. The molecule has 0 radical (unpaired) electrons. The van der Waals surface area contributed by atoms with Crippen LogP contribution in [0.1, 0.15) is 36.1 Å². The number of rotatable bonds is 6. The van der Waals surface area contributed by atoms with Crippen LogP contribution in [0.2, 0.25) is 0 Å². The van der Waals surface area contributed by atoms with Crippen LogP contribution in [0.5, 0.6) is 0 Å². The standard InChI is InChI=1S/C27H34N6O3S/c1-36-26(34)28-16-27(8-2-9-27)31-24-23-22(7-10-37(23)35)29-25(30-24)33-14-19-12-32(13-20(19)15-33)21-6-5-17-3-4-18(17)11-21/h5-6,11,19-20H,2-4,7-10,12-16H2,1H3,(H,28,34)(H,29,30,31)/t19-,20+,37?. The summed E-state index contributed by atoms with van der Waals surface area (Å²) >= 11 is 0. The molecule has 7 rings (SSSR count). The number of carbonyl (C=O) groups excluding carboxylic acids is 1. The van der Waals surface area contributed by atoms with Crippen LogP contribution in [0.3, 0.4) is 0 Å². The third kappa shape index (κ3) is 4.04. The fraction of sp³-hybridized carbons (Fsp3) is 0.593. The molecule has 3 aliphatic heterocycles. The Labute approximate surface area is 219 Å². The van der Waals surface area contributed by atoms with Gasteiger partial charge in [-0.3, -0.25) is 4.21 Å². The number of hydrogen-bond acceptors (Lipinski definition) is 8. The van der Waals surface area contributed by atoms with E-state index < -0.39 is 16.9 Å². The van der Waals surface area contributed by atoms with Gasteiger partial charge >= 0.3 is 6.09 Å². The number of benzene rings is 1. The van der Waals surface area contributed by atoms with Gasteiger partial charge in [0.15, 0.2) is 0 Å². The van der Waals surface area contributed by atoms with Gasteiger partial charge in [0, 0.05) is 62.4 Å². The van der Waals surface area contributed by atoms with Crippen molar-refractivity contribution in [2.75, 3.05) is 60.7 Å². The number of fused-ring (bicyclic) bond motifs is 3. The molecule has 9 nitrogen and oxygen atoms in total. The zero-order chi connectivity index (χ0) is 25.1. The molecule has 0 spiro atoms. The van der Waals surface area contributed by atoms with E-state index in [4.69, 9.17) is 14.7 Å². The average molecular weight is 523 g/mol. The van der Waals surface area contributed by atoms with Gasteiger partial charge in [-0.05, 0) is 55.4 Å². The van der Waals surface area contributed by atoms with Crippen molar-refractivity contribution in [2.45, 2.75) is 49.0 Å². The number of amides is 1. The Kier molecular flexibility index (Phi) is 5.56. The second-order valence-electron chi connectivity index (χ2n) is 11.3. The van der Waals surface area contributed by atoms with Crippen LogP contribution in [0.15, 0.2) is 23.1 Å². The highest BCUT2D eigenvalue weighted by Gasteiger charge is 2.43. The molecule has 1 saturated carbocycles. The number of aryl methyl sites for hydroxylation is 3. The van der Waals surface area contributed by atoms with Crippen LogP contribution < -0.4 is 20.4 Å². The van der Waals surface area contributed by atoms with E-state index in [0.717, 1.165) is 62.0 Å². The molecule has 1 aromatic carbocycles. The van der Waals surface area contributed by atoms with E-state index in [9.17, 15) is 9.00 Å². The smallest absolute Gasteiger partial charge is 0.406 e. The van der Waals surface area contributed by atoms with Gasteiger partial charge in [-0.25, -0.2) is 9.78 Å². The number of carbonyl (C=O) groups is 1. The van der Waals surface area contributed by atoms with E-state index in [0.29, 0.717) is 36.4 Å². The van der Waals surface area contributed by atoms with Crippen molar-refractivity contribution in [3.05, 3.63) is 35.0 Å². The molecular formula is C27H34N6O3S. The second-order valence-corrected chi connectivity index (χ2v) is 12.8. The molecule has 2 aliphatic carbocycles. The number of hydrogen-bond donors (Lipinski definition) is 2. The van der Waals surface area contributed by atoms with Crippen LogP contribution in [0, 0.1) is 11.8 Å². The van der Waals surface area contributed by atoms with Crippen molar-refractivity contribution in [1.29, 1.82) is 0 Å². The average Bonchev–Trinajstić information content (AvgIpc) is 3.54. The lowest BCUT2D eigenvalue weighted by Gasteiger charge is -2.43. The van der Waals surface area contributed by atoms with E-state index in [-0.39, 0.29) is 5.54 Å².